The van der Waals surface area contributed by atoms with E-state index in [1.54, 1.807) is 0 Å². The van der Waals surface area contributed by atoms with Crippen molar-refractivity contribution >= 4 is 0 Å². The van der Waals surface area contributed by atoms with E-state index in [4.69, 9.17) is 10.5 Å². The zero-order valence-electron chi connectivity index (χ0n) is 13.0. The molecule has 1 aromatic carbocycles. The van der Waals surface area contributed by atoms with E-state index in [1.807, 2.05) is 6.92 Å². The Bertz CT molecular complexity index is 408. The van der Waals surface area contributed by atoms with E-state index in [9.17, 15) is 0 Å². The molecule has 1 unspecified atom stereocenters. The van der Waals surface area contributed by atoms with Crippen LogP contribution in [0, 0.1) is 12.8 Å². The predicted octanol–water partition coefficient (Wildman–Crippen LogP) is 4.75. The lowest BCUT2D eigenvalue weighted by atomic mass is 9.89. The van der Waals surface area contributed by atoms with E-state index in [0.717, 1.165) is 18.1 Å². The van der Waals surface area contributed by atoms with Crippen molar-refractivity contribution in [2.45, 2.75) is 64.8 Å². The molecule has 0 saturated heterocycles. The van der Waals surface area contributed by atoms with E-state index >= 15 is 0 Å². The zero-order chi connectivity index (χ0) is 14.4. The SMILES string of the molecule is CCOc1ccc(C)cc1C(N)CC1CCCCCC1. The van der Waals surface area contributed by atoms with Crippen LogP contribution in [0.1, 0.15) is 69.0 Å². The van der Waals surface area contributed by atoms with Gasteiger partial charge in [0, 0.05) is 11.6 Å². The average Bonchev–Trinajstić information content (AvgIpc) is 2.69. The van der Waals surface area contributed by atoms with Gasteiger partial charge in [-0.2, -0.15) is 0 Å². The molecule has 20 heavy (non-hydrogen) atoms. The summed E-state index contributed by atoms with van der Waals surface area (Å²) in [7, 11) is 0. The number of aryl methyl sites for hydroxylation is 1. The second-order valence-electron chi connectivity index (χ2n) is 6.17. The van der Waals surface area contributed by atoms with Crippen molar-refractivity contribution < 1.29 is 4.74 Å². The fraction of sp³-hybridized carbons (Fsp3) is 0.667. The molecule has 0 bridgehead atoms. The Hall–Kier alpha value is -1.02. The van der Waals surface area contributed by atoms with Crippen molar-refractivity contribution in [3.8, 4) is 5.75 Å². The van der Waals surface area contributed by atoms with E-state index in [2.05, 4.69) is 25.1 Å². The summed E-state index contributed by atoms with van der Waals surface area (Å²) in [6.07, 6.45) is 9.37. The molecule has 0 aromatic heterocycles. The molecule has 1 aromatic rings. The standard InChI is InChI=1S/C18H29NO/c1-3-20-18-11-10-14(2)12-16(18)17(19)13-15-8-6-4-5-7-9-15/h10-12,15,17H,3-9,13,19H2,1-2H3. The molecule has 2 nitrogen and oxygen atoms in total. The van der Waals surface area contributed by atoms with E-state index in [1.165, 1.54) is 49.7 Å². The van der Waals surface area contributed by atoms with Crippen LogP contribution in [0.15, 0.2) is 18.2 Å². The zero-order valence-corrected chi connectivity index (χ0v) is 13.0. The Morgan fingerprint density at radius 2 is 1.90 bits per heavy atom. The van der Waals surface area contributed by atoms with Crippen molar-refractivity contribution in [2.24, 2.45) is 11.7 Å². The summed E-state index contributed by atoms with van der Waals surface area (Å²) in [6, 6.07) is 6.49. The van der Waals surface area contributed by atoms with Crippen LogP contribution in [0.4, 0.5) is 0 Å². The number of nitrogens with two attached hydrogens (primary N) is 1. The largest absolute Gasteiger partial charge is 0.494 e. The Morgan fingerprint density at radius 3 is 2.55 bits per heavy atom. The average molecular weight is 275 g/mol. The first-order chi connectivity index (χ1) is 9.70. The molecule has 0 aliphatic heterocycles. The number of rotatable bonds is 5. The Balaban J connectivity index is 2.06. The maximum Gasteiger partial charge on any atom is 0.124 e. The second kappa shape index (κ2) is 7.68. The highest BCUT2D eigenvalue weighted by atomic mass is 16.5. The third-order valence-corrected chi connectivity index (χ3v) is 4.43. The molecule has 112 valence electrons. The maximum atomic E-state index is 6.50. The van der Waals surface area contributed by atoms with Crippen LogP contribution in [0.5, 0.6) is 5.75 Å². The van der Waals surface area contributed by atoms with Gasteiger partial charge in [0.05, 0.1) is 6.61 Å². The molecule has 1 saturated carbocycles. The van der Waals surface area contributed by atoms with Gasteiger partial charge < -0.3 is 10.5 Å². The molecule has 1 fully saturated rings. The van der Waals surface area contributed by atoms with Crippen molar-refractivity contribution in [2.75, 3.05) is 6.61 Å². The molecular formula is C18H29NO. The summed E-state index contributed by atoms with van der Waals surface area (Å²) in [5.74, 6) is 1.77. The molecule has 2 rings (SSSR count). The smallest absolute Gasteiger partial charge is 0.124 e. The van der Waals surface area contributed by atoms with Gasteiger partial charge in [-0.1, -0.05) is 56.2 Å². The fourth-order valence-corrected chi connectivity index (χ4v) is 3.33. The minimum atomic E-state index is 0.111. The lowest BCUT2D eigenvalue weighted by molar-refractivity contribution is 0.327. The van der Waals surface area contributed by atoms with Crippen LogP contribution in [0.3, 0.4) is 0 Å². The van der Waals surface area contributed by atoms with Crippen molar-refractivity contribution in [1.82, 2.24) is 0 Å². The van der Waals surface area contributed by atoms with Gasteiger partial charge >= 0.3 is 0 Å². The van der Waals surface area contributed by atoms with Crippen LogP contribution >= 0.6 is 0 Å². The van der Waals surface area contributed by atoms with Gasteiger partial charge in [-0.15, -0.1) is 0 Å². The Morgan fingerprint density at radius 1 is 1.20 bits per heavy atom. The van der Waals surface area contributed by atoms with Gasteiger partial charge in [-0.25, -0.2) is 0 Å². The van der Waals surface area contributed by atoms with Crippen LogP contribution in [-0.2, 0) is 0 Å². The molecule has 1 aliphatic carbocycles. The summed E-state index contributed by atoms with van der Waals surface area (Å²) in [4.78, 5) is 0. The van der Waals surface area contributed by atoms with Gasteiger partial charge in [0.25, 0.3) is 0 Å². The summed E-state index contributed by atoms with van der Waals surface area (Å²) in [5.41, 5.74) is 8.95. The lowest BCUT2D eigenvalue weighted by Crippen LogP contribution is -2.17. The van der Waals surface area contributed by atoms with Gasteiger partial charge in [0.1, 0.15) is 5.75 Å². The number of benzene rings is 1. The normalized spacial score (nSPS) is 18.6. The Labute approximate surface area is 123 Å². The van der Waals surface area contributed by atoms with Gasteiger partial charge in [0.15, 0.2) is 0 Å². The van der Waals surface area contributed by atoms with Gasteiger partial charge in [-0.05, 0) is 32.3 Å². The monoisotopic (exact) mass is 275 g/mol. The minimum Gasteiger partial charge on any atom is -0.494 e. The van der Waals surface area contributed by atoms with Gasteiger partial charge in [0.2, 0.25) is 0 Å². The molecule has 2 N–H and O–H groups in total. The van der Waals surface area contributed by atoms with E-state index < -0.39 is 0 Å². The number of hydrogen-bond acceptors (Lipinski definition) is 2. The second-order valence-corrected chi connectivity index (χ2v) is 6.17. The van der Waals surface area contributed by atoms with Crippen molar-refractivity contribution in [3.05, 3.63) is 29.3 Å². The lowest BCUT2D eigenvalue weighted by Gasteiger charge is -2.22. The highest BCUT2D eigenvalue weighted by molar-refractivity contribution is 5.39. The van der Waals surface area contributed by atoms with Crippen LogP contribution in [-0.4, -0.2) is 6.61 Å². The molecule has 2 heteroatoms. The third-order valence-electron chi connectivity index (χ3n) is 4.43. The van der Waals surface area contributed by atoms with Crippen LogP contribution in [0.25, 0.3) is 0 Å². The summed E-state index contributed by atoms with van der Waals surface area (Å²) < 4.78 is 5.75. The maximum absolute atomic E-state index is 6.50. The molecule has 0 radical (unpaired) electrons. The molecular weight excluding hydrogens is 246 g/mol. The highest BCUT2D eigenvalue weighted by Gasteiger charge is 2.19. The fourth-order valence-electron chi connectivity index (χ4n) is 3.33. The highest BCUT2D eigenvalue weighted by Crippen LogP contribution is 2.33. The molecule has 1 aliphatic rings. The van der Waals surface area contributed by atoms with E-state index in [0.29, 0.717) is 6.61 Å². The van der Waals surface area contributed by atoms with Crippen molar-refractivity contribution in [1.29, 1.82) is 0 Å². The van der Waals surface area contributed by atoms with Crippen LogP contribution in [0.2, 0.25) is 0 Å². The third kappa shape index (κ3) is 4.24. The van der Waals surface area contributed by atoms with E-state index in [-0.39, 0.29) is 6.04 Å². The predicted molar refractivity (Wildman–Crippen MR) is 85.1 cm³/mol. The summed E-state index contributed by atoms with van der Waals surface area (Å²) >= 11 is 0. The molecule has 0 amide bonds. The topological polar surface area (TPSA) is 35.2 Å². The summed E-state index contributed by atoms with van der Waals surface area (Å²) in [5, 5.41) is 0. The number of hydrogen-bond donors (Lipinski definition) is 1. The Kier molecular flexibility index (Phi) is 5.90. The summed E-state index contributed by atoms with van der Waals surface area (Å²) in [6.45, 7) is 4.85. The first-order valence-electron chi connectivity index (χ1n) is 8.19. The number of ether oxygens (including phenoxy) is 1. The van der Waals surface area contributed by atoms with Crippen molar-refractivity contribution in [3.63, 3.8) is 0 Å². The van der Waals surface area contributed by atoms with Gasteiger partial charge in [-0.3, -0.25) is 0 Å². The quantitative estimate of drug-likeness (QED) is 0.787. The molecule has 1 atom stereocenters. The molecule has 0 heterocycles. The first kappa shape index (κ1) is 15.4. The first-order valence-corrected chi connectivity index (χ1v) is 8.19. The van der Waals surface area contributed by atoms with Crippen LogP contribution < -0.4 is 10.5 Å². The minimum absolute atomic E-state index is 0.111. The molecule has 0 spiro atoms.